The first-order valence-electron chi connectivity index (χ1n) is 6.23. The minimum atomic E-state index is -4.62. The highest BCUT2D eigenvalue weighted by molar-refractivity contribution is 7.89. The summed E-state index contributed by atoms with van der Waals surface area (Å²) in [6.07, 6.45) is -4.62. The SMILES string of the molecule is C[C@@H]1CNCCN1S(=O)(=O)c1cc(C(F)(F)F)ccc1Cl. The average molecular weight is 343 g/mol. The summed E-state index contributed by atoms with van der Waals surface area (Å²) >= 11 is 5.81. The number of halogens is 4. The number of piperazine rings is 1. The van der Waals surface area contributed by atoms with Gasteiger partial charge in [-0.3, -0.25) is 0 Å². The molecule has 0 unspecified atom stereocenters. The van der Waals surface area contributed by atoms with Crippen molar-refractivity contribution in [2.75, 3.05) is 19.6 Å². The van der Waals surface area contributed by atoms with Crippen molar-refractivity contribution in [3.8, 4) is 0 Å². The van der Waals surface area contributed by atoms with Gasteiger partial charge in [-0.1, -0.05) is 11.6 Å². The fourth-order valence-electron chi connectivity index (χ4n) is 2.18. The van der Waals surface area contributed by atoms with Gasteiger partial charge in [0.15, 0.2) is 0 Å². The van der Waals surface area contributed by atoms with E-state index in [9.17, 15) is 21.6 Å². The Bertz CT molecular complexity index is 634. The van der Waals surface area contributed by atoms with Crippen LogP contribution in [0.25, 0.3) is 0 Å². The van der Waals surface area contributed by atoms with Crippen molar-refractivity contribution < 1.29 is 21.6 Å². The van der Waals surface area contributed by atoms with Crippen LogP contribution in [0.4, 0.5) is 13.2 Å². The lowest BCUT2D eigenvalue weighted by atomic mass is 10.2. The topological polar surface area (TPSA) is 49.4 Å². The molecule has 0 aromatic heterocycles. The predicted molar refractivity (Wildman–Crippen MR) is 72.7 cm³/mol. The second kappa shape index (κ2) is 5.75. The molecule has 0 amide bonds. The van der Waals surface area contributed by atoms with Gasteiger partial charge in [-0.05, 0) is 25.1 Å². The maximum Gasteiger partial charge on any atom is 0.416 e. The number of hydrogen-bond donors (Lipinski definition) is 1. The predicted octanol–water partition coefficient (Wildman–Crippen LogP) is 2.34. The molecule has 1 aromatic carbocycles. The summed E-state index contributed by atoms with van der Waals surface area (Å²) in [6, 6.07) is 1.97. The number of alkyl halides is 3. The monoisotopic (exact) mass is 342 g/mol. The van der Waals surface area contributed by atoms with Crippen LogP contribution < -0.4 is 5.32 Å². The molecule has 1 saturated heterocycles. The summed E-state index contributed by atoms with van der Waals surface area (Å²) in [5, 5.41) is 2.81. The Balaban J connectivity index is 2.49. The molecule has 1 aliphatic rings. The maximum absolute atomic E-state index is 12.7. The zero-order chi connectivity index (χ0) is 15.8. The Morgan fingerprint density at radius 2 is 2.05 bits per heavy atom. The van der Waals surface area contributed by atoms with E-state index in [1.54, 1.807) is 6.92 Å². The summed E-state index contributed by atoms with van der Waals surface area (Å²) in [5.41, 5.74) is -1.03. The normalized spacial score (nSPS) is 21.5. The molecule has 1 aromatic rings. The maximum atomic E-state index is 12.7. The van der Waals surface area contributed by atoms with Crippen LogP contribution in [0.5, 0.6) is 0 Å². The van der Waals surface area contributed by atoms with E-state index in [1.807, 2.05) is 0 Å². The van der Waals surface area contributed by atoms with Crippen molar-refractivity contribution >= 4 is 21.6 Å². The zero-order valence-corrected chi connectivity index (χ0v) is 12.7. The lowest BCUT2D eigenvalue weighted by Crippen LogP contribution is -2.52. The Labute approximate surface area is 125 Å². The van der Waals surface area contributed by atoms with Gasteiger partial charge in [0, 0.05) is 25.7 Å². The summed E-state index contributed by atoms with van der Waals surface area (Å²) in [4.78, 5) is -0.507. The van der Waals surface area contributed by atoms with E-state index >= 15 is 0 Å². The molecule has 1 N–H and O–H groups in total. The second-order valence-corrected chi connectivity index (χ2v) is 7.08. The van der Waals surface area contributed by atoms with Crippen LogP contribution >= 0.6 is 11.6 Å². The molecular formula is C12H14ClF3N2O2S. The van der Waals surface area contributed by atoms with Crippen LogP contribution in [0.1, 0.15) is 12.5 Å². The zero-order valence-electron chi connectivity index (χ0n) is 11.1. The molecule has 118 valence electrons. The average Bonchev–Trinajstić information content (AvgIpc) is 2.37. The van der Waals surface area contributed by atoms with Crippen molar-refractivity contribution in [1.82, 2.24) is 9.62 Å². The fraction of sp³-hybridized carbons (Fsp3) is 0.500. The van der Waals surface area contributed by atoms with E-state index in [0.29, 0.717) is 19.2 Å². The highest BCUT2D eigenvalue weighted by Gasteiger charge is 2.36. The standard InChI is InChI=1S/C12H14ClF3N2O2S/c1-8-7-17-4-5-18(8)21(19,20)11-6-9(12(14,15)16)2-3-10(11)13/h2-3,6,8,17H,4-5,7H2,1H3/t8-/m1/s1. The Kier molecular flexibility index (Phi) is 4.53. The van der Waals surface area contributed by atoms with Crippen molar-refractivity contribution in [3.63, 3.8) is 0 Å². The molecule has 2 rings (SSSR count). The van der Waals surface area contributed by atoms with Crippen molar-refractivity contribution in [3.05, 3.63) is 28.8 Å². The van der Waals surface area contributed by atoms with Gasteiger partial charge in [-0.25, -0.2) is 8.42 Å². The number of benzene rings is 1. The Morgan fingerprint density at radius 3 is 2.62 bits per heavy atom. The van der Waals surface area contributed by atoms with Gasteiger partial charge in [0.1, 0.15) is 4.90 Å². The molecule has 0 spiro atoms. The van der Waals surface area contributed by atoms with Crippen LogP contribution in [0.15, 0.2) is 23.1 Å². The van der Waals surface area contributed by atoms with Gasteiger partial charge < -0.3 is 5.32 Å². The number of nitrogens with one attached hydrogen (secondary N) is 1. The first kappa shape index (κ1) is 16.5. The van der Waals surface area contributed by atoms with E-state index in [-0.39, 0.29) is 17.6 Å². The molecule has 1 atom stereocenters. The lowest BCUT2D eigenvalue weighted by Gasteiger charge is -2.33. The number of hydrogen-bond acceptors (Lipinski definition) is 3. The van der Waals surface area contributed by atoms with Crippen molar-refractivity contribution in [1.29, 1.82) is 0 Å². The number of rotatable bonds is 2. The highest BCUT2D eigenvalue weighted by atomic mass is 35.5. The van der Waals surface area contributed by atoms with Gasteiger partial charge in [0.25, 0.3) is 0 Å². The van der Waals surface area contributed by atoms with Crippen LogP contribution in [0, 0.1) is 0 Å². The van der Waals surface area contributed by atoms with Gasteiger partial charge in [-0.15, -0.1) is 0 Å². The summed E-state index contributed by atoms with van der Waals surface area (Å²) < 4.78 is 64.5. The minimum absolute atomic E-state index is 0.191. The van der Waals surface area contributed by atoms with Gasteiger partial charge in [-0.2, -0.15) is 17.5 Å². The molecule has 4 nitrogen and oxygen atoms in total. The first-order chi connectivity index (χ1) is 9.64. The summed E-state index contributed by atoms with van der Waals surface area (Å²) in [5.74, 6) is 0. The third kappa shape index (κ3) is 3.33. The Hall–Kier alpha value is -0.830. The highest BCUT2D eigenvalue weighted by Crippen LogP contribution is 2.34. The Morgan fingerprint density at radius 1 is 1.38 bits per heavy atom. The van der Waals surface area contributed by atoms with Crippen LogP contribution in [0.2, 0.25) is 5.02 Å². The van der Waals surface area contributed by atoms with E-state index < -0.39 is 26.7 Å². The molecular weight excluding hydrogens is 329 g/mol. The van der Waals surface area contributed by atoms with E-state index in [2.05, 4.69) is 5.32 Å². The molecule has 9 heteroatoms. The molecule has 0 bridgehead atoms. The van der Waals surface area contributed by atoms with Gasteiger partial charge in [0.05, 0.1) is 10.6 Å². The van der Waals surface area contributed by atoms with Crippen molar-refractivity contribution in [2.45, 2.75) is 24.0 Å². The molecule has 1 fully saturated rings. The van der Waals surface area contributed by atoms with E-state index in [0.717, 1.165) is 12.1 Å². The van der Waals surface area contributed by atoms with Crippen LogP contribution in [-0.2, 0) is 16.2 Å². The largest absolute Gasteiger partial charge is 0.416 e. The lowest BCUT2D eigenvalue weighted by molar-refractivity contribution is -0.137. The minimum Gasteiger partial charge on any atom is -0.314 e. The second-order valence-electron chi connectivity index (χ2n) is 4.81. The summed E-state index contributed by atoms with van der Waals surface area (Å²) in [7, 11) is -4.06. The van der Waals surface area contributed by atoms with Crippen molar-refractivity contribution in [2.24, 2.45) is 0 Å². The van der Waals surface area contributed by atoms with E-state index in [4.69, 9.17) is 11.6 Å². The smallest absolute Gasteiger partial charge is 0.314 e. The van der Waals surface area contributed by atoms with Crippen LogP contribution in [0.3, 0.4) is 0 Å². The quantitative estimate of drug-likeness (QED) is 0.897. The molecule has 0 aliphatic carbocycles. The molecule has 0 radical (unpaired) electrons. The van der Waals surface area contributed by atoms with Gasteiger partial charge in [0.2, 0.25) is 10.0 Å². The molecule has 1 aliphatic heterocycles. The third-order valence-corrected chi connectivity index (χ3v) is 5.78. The molecule has 1 heterocycles. The summed E-state index contributed by atoms with van der Waals surface area (Å²) in [6.45, 7) is 2.76. The van der Waals surface area contributed by atoms with Gasteiger partial charge >= 0.3 is 6.18 Å². The van der Waals surface area contributed by atoms with E-state index in [1.165, 1.54) is 4.31 Å². The number of sulfonamides is 1. The van der Waals surface area contributed by atoms with Crippen LogP contribution in [-0.4, -0.2) is 38.4 Å². The first-order valence-corrected chi connectivity index (χ1v) is 8.05. The third-order valence-electron chi connectivity index (χ3n) is 3.29. The fourth-order valence-corrected chi connectivity index (χ4v) is 4.32. The molecule has 21 heavy (non-hydrogen) atoms. The number of nitrogens with zero attached hydrogens (tertiary/aromatic N) is 1. The molecule has 0 saturated carbocycles.